The molecule has 0 amide bonds. The van der Waals surface area contributed by atoms with Crippen molar-refractivity contribution in [1.82, 2.24) is 0 Å². The van der Waals surface area contributed by atoms with E-state index < -0.39 is 35.7 Å². The third-order valence-corrected chi connectivity index (χ3v) is 3.35. The van der Waals surface area contributed by atoms with Crippen LogP contribution in [-0.2, 0) is 20.2 Å². The van der Waals surface area contributed by atoms with Crippen LogP contribution in [0.15, 0.2) is 28.0 Å². The van der Waals surface area contributed by atoms with Gasteiger partial charge >= 0.3 is 59.1 Å². The second-order valence-electron chi connectivity index (χ2n) is 2.58. The smallest absolute Gasteiger partial charge is 0.744 e. The Morgan fingerprint density at radius 2 is 1.18 bits per heavy atom. The Balaban J connectivity index is 0. The van der Waals surface area contributed by atoms with Crippen molar-refractivity contribution < 1.29 is 85.1 Å². The van der Waals surface area contributed by atoms with Crippen molar-refractivity contribution in [1.29, 1.82) is 0 Å². The van der Waals surface area contributed by atoms with E-state index in [4.69, 9.17) is 5.73 Å². The first-order chi connectivity index (χ1) is 6.64. The zero-order valence-electron chi connectivity index (χ0n) is 9.08. The molecule has 17 heavy (non-hydrogen) atoms. The van der Waals surface area contributed by atoms with E-state index in [1.54, 1.807) is 0 Å². The van der Waals surface area contributed by atoms with Gasteiger partial charge in [-0.25, -0.2) is 16.8 Å². The van der Waals surface area contributed by atoms with Crippen molar-refractivity contribution in [3.05, 3.63) is 18.2 Å². The number of anilines is 1. The van der Waals surface area contributed by atoms with Gasteiger partial charge in [0.2, 0.25) is 0 Å². The van der Waals surface area contributed by atoms with Crippen LogP contribution in [0.5, 0.6) is 0 Å². The maximum absolute atomic E-state index is 10.6. The zero-order valence-corrected chi connectivity index (χ0v) is 14.7. The number of benzene rings is 1. The van der Waals surface area contributed by atoms with Crippen molar-refractivity contribution in [2.45, 2.75) is 9.79 Å². The Labute approximate surface area is 143 Å². The quantitative estimate of drug-likeness (QED) is 0.325. The Morgan fingerprint density at radius 1 is 0.882 bits per heavy atom. The van der Waals surface area contributed by atoms with Gasteiger partial charge in [0.15, 0.2) is 0 Å². The molecule has 1 aromatic rings. The van der Waals surface area contributed by atoms with Crippen LogP contribution in [0, 0.1) is 0 Å². The van der Waals surface area contributed by atoms with Crippen molar-refractivity contribution in [2.75, 3.05) is 5.73 Å². The SMILES string of the molecule is Nc1c(S(=O)(=O)[O-])cccc1S(=O)(=O)[O-].[Na+].[Na+]. The second kappa shape index (κ2) is 6.85. The molecular formula is C6H5NNa2O6S2. The van der Waals surface area contributed by atoms with Gasteiger partial charge in [-0.05, 0) is 12.1 Å². The normalized spacial score (nSPS) is 11.2. The van der Waals surface area contributed by atoms with E-state index in [0.29, 0.717) is 0 Å². The third kappa shape index (κ3) is 5.15. The maximum atomic E-state index is 10.6. The molecule has 0 unspecified atom stereocenters. The molecule has 0 bridgehead atoms. The summed E-state index contributed by atoms with van der Waals surface area (Å²) in [6, 6.07) is 2.60. The summed E-state index contributed by atoms with van der Waals surface area (Å²) in [6.07, 6.45) is 0. The number of nitrogen functional groups attached to an aromatic ring is 1. The van der Waals surface area contributed by atoms with E-state index in [2.05, 4.69) is 0 Å². The van der Waals surface area contributed by atoms with Crippen LogP contribution in [0.3, 0.4) is 0 Å². The first kappa shape index (κ1) is 20.2. The minimum Gasteiger partial charge on any atom is -0.744 e. The maximum Gasteiger partial charge on any atom is 1.00 e. The molecule has 84 valence electrons. The molecule has 0 aliphatic carbocycles. The molecule has 0 saturated heterocycles. The van der Waals surface area contributed by atoms with Crippen molar-refractivity contribution >= 4 is 25.9 Å². The van der Waals surface area contributed by atoms with E-state index in [9.17, 15) is 25.9 Å². The van der Waals surface area contributed by atoms with Gasteiger partial charge in [-0.1, -0.05) is 6.07 Å². The van der Waals surface area contributed by atoms with E-state index >= 15 is 0 Å². The van der Waals surface area contributed by atoms with Gasteiger partial charge in [-0.2, -0.15) is 0 Å². The molecule has 0 spiro atoms. The van der Waals surface area contributed by atoms with Gasteiger partial charge in [0.25, 0.3) is 0 Å². The average molecular weight is 297 g/mol. The standard InChI is InChI=1S/C6H7NO6S2.2Na/c7-6-4(14(8,9)10)2-1-3-5(6)15(11,12)13;;/h1-3H,7H2,(H,8,9,10)(H,11,12,13);;/q;2*+1/p-2. The number of nitrogens with two attached hydrogens (primary N) is 1. The van der Waals surface area contributed by atoms with Gasteiger partial charge in [0, 0.05) is 0 Å². The van der Waals surface area contributed by atoms with Gasteiger partial charge < -0.3 is 14.8 Å². The number of rotatable bonds is 2. The van der Waals surface area contributed by atoms with Crippen molar-refractivity contribution in [3.63, 3.8) is 0 Å². The molecule has 0 fully saturated rings. The molecule has 7 nitrogen and oxygen atoms in total. The fourth-order valence-electron chi connectivity index (χ4n) is 0.960. The summed E-state index contributed by atoms with van der Waals surface area (Å²) in [6.45, 7) is 0. The molecule has 2 N–H and O–H groups in total. The summed E-state index contributed by atoms with van der Waals surface area (Å²) < 4.78 is 63.6. The van der Waals surface area contributed by atoms with Crippen LogP contribution in [0.1, 0.15) is 0 Å². The molecule has 0 aromatic heterocycles. The summed E-state index contributed by atoms with van der Waals surface area (Å²) >= 11 is 0. The Hall–Kier alpha value is 0.840. The van der Waals surface area contributed by atoms with E-state index in [0.717, 1.165) is 18.2 Å². The Morgan fingerprint density at radius 3 is 1.41 bits per heavy atom. The predicted molar refractivity (Wildman–Crippen MR) is 46.8 cm³/mol. The second-order valence-corrected chi connectivity index (χ2v) is 5.27. The molecule has 0 aliphatic heterocycles. The largest absolute Gasteiger partial charge is 1.00 e. The van der Waals surface area contributed by atoms with E-state index in [1.807, 2.05) is 0 Å². The molecule has 11 heteroatoms. The minimum atomic E-state index is -4.89. The molecule has 1 aromatic carbocycles. The van der Waals surface area contributed by atoms with Crippen LogP contribution in [0.25, 0.3) is 0 Å². The monoisotopic (exact) mass is 297 g/mol. The predicted octanol–water partition coefficient (Wildman–Crippen LogP) is -6.92. The molecular weight excluding hydrogens is 292 g/mol. The van der Waals surface area contributed by atoms with Gasteiger partial charge in [-0.3, -0.25) is 0 Å². The summed E-state index contributed by atoms with van der Waals surface area (Å²) in [5, 5.41) is 0. The van der Waals surface area contributed by atoms with Gasteiger partial charge in [0.05, 0.1) is 15.5 Å². The number of hydrogen-bond donors (Lipinski definition) is 1. The van der Waals surface area contributed by atoms with E-state index in [-0.39, 0.29) is 59.1 Å². The minimum absolute atomic E-state index is 0. The fraction of sp³-hybridized carbons (Fsp3) is 0. The van der Waals surface area contributed by atoms with Crippen molar-refractivity contribution in [2.24, 2.45) is 0 Å². The average Bonchev–Trinajstić information content (AvgIpc) is 1.99. The molecule has 0 saturated carbocycles. The summed E-state index contributed by atoms with van der Waals surface area (Å²) in [5.41, 5.74) is 4.25. The Bertz CT molecular complexity index is 547. The van der Waals surface area contributed by atoms with Gasteiger partial charge in [-0.15, -0.1) is 0 Å². The van der Waals surface area contributed by atoms with Crippen LogP contribution in [0.4, 0.5) is 5.69 Å². The summed E-state index contributed by atoms with van der Waals surface area (Å²) in [7, 11) is -9.79. The van der Waals surface area contributed by atoms with Crippen LogP contribution in [0.2, 0.25) is 0 Å². The zero-order chi connectivity index (χ0) is 11.9. The first-order valence-electron chi connectivity index (χ1n) is 3.44. The Kier molecular flexibility index (Phi) is 8.12. The molecule has 0 radical (unpaired) electrons. The number of hydrogen-bond acceptors (Lipinski definition) is 7. The van der Waals surface area contributed by atoms with Crippen molar-refractivity contribution in [3.8, 4) is 0 Å². The first-order valence-corrected chi connectivity index (χ1v) is 6.26. The molecule has 0 aliphatic rings. The molecule has 1 rings (SSSR count). The van der Waals surface area contributed by atoms with Crippen LogP contribution < -0.4 is 64.8 Å². The van der Waals surface area contributed by atoms with Crippen LogP contribution >= 0.6 is 0 Å². The topological polar surface area (TPSA) is 140 Å². The molecule has 0 heterocycles. The fourth-order valence-corrected chi connectivity index (χ4v) is 2.27. The third-order valence-electron chi connectivity index (χ3n) is 1.56. The summed E-state index contributed by atoms with van der Waals surface area (Å²) in [5.74, 6) is 0. The number of para-hydroxylation sites is 1. The van der Waals surface area contributed by atoms with E-state index in [1.165, 1.54) is 0 Å². The molecule has 0 atom stereocenters. The summed E-state index contributed by atoms with van der Waals surface area (Å²) in [4.78, 5) is -1.83. The van der Waals surface area contributed by atoms with Gasteiger partial charge in [0.1, 0.15) is 20.2 Å². The van der Waals surface area contributed by atoms with Crippen LogP contribution in [-0.4, -0.2) is 25.9 Å².